The van der Waals surface area contributed by atoms with Crippen molar-refractivity contribution in [2.45, 2.75) is 12.5 Å². The SMILES string of the molecule is c1ccc(CCNc2cc(NC3CNC3)ncn2)cc1. The van der Waals surface area contributed by atoms with Gasteiger partial charge in [0.2, 0.25) is 0 Å². The van der Waals surface area contributed by atoms with Gasteiger partial charge in [-0.05, 0) is 12.0 Å². The minimum absolute atomic E-state index is 0.488. The van der Waals surface area contributed by atoms with Crippen molar-refractivity contribution in [3.8, 4) is 0 Å². The molecule has 0 spiro atoms. The van der Waals surface area contributed by atoms with Crippen LogP contribution in [0, 0.1) is 0 Å². The molecular formula is C15H19N5. The quantitative estimate of drug-likeness (QED) is 0.742. The lowest BCUT2D eigenvalue weighted by molar-refractivity contribution is 0.471. The van der Waals surface area contributed by atoms with Crippen LogP contribution in [0.2, 0.25) is 0 Å². The van der Waals surface area contributed by atoms with Crippen LogP contribution in [0.4, 0.5) is 11.6 Å². The third-order valence-electron chi connectivity index (χ3n) is 3.36. The maximum Gasteiger partial charge on any atom is 0.131 e. The standard InChI is InChI=1S/C15H19N5/c1-2-4-12(5-3-1)6-7-17-14-8-15(19-11-18-14)20-13-9-16-10-13/h1-5,8,11,13,16H,6-7,9-10H2,(H2,17,18,19,20). The Morgan fingerprint density at radius 2 is 1.90 bits per heavy atom. The normalized spacial score (nSPS) is 14.6. The van der Waals surface area contributed by atoms with Gasteiger partial charge in [0.15, 0.2) is 0 Å². The molecule has 2 heterocycles. The second-order valence-corrected chi connectivity index (χ2v) is 4.95. The molecule has 5 heteroatoms. The minimum Gasteiger partial charge on any atom is -0.370 e. The van der Waals surface area contributed by atoms with E-state index in [2.05, 4.69) is 50.2 Å². The fraction of sp³-hybridized carbons (Fsp3) is 0.333. The minimum atomic E-state index is 0.488. The van der Waals surface area contributed by atoms with E-state index < -0.39 is 0 Å². The fourth-order valence-electron chi connectivity index (χ4n) is 2.11. The van der Waals surface area contributed by atoms with E-state index in [1.807, 2.05) is 12.1 Å². The molecule has 20 heavy (non-hydrogen) atoms. The molecule has 1 aromatic heterocycles. The van der Waals surface area contributed by atoms with Crippen LogP contribution in [-0.4, -0.2) is 35.6 Å². The van der Waals surface area contributed by atoms with Crippen molar-refractivity contribution in [1.29, 1.82) is 0 Å². The zero-order valence-electron chi connectivity index (χ0n) is 11.3. The van der Waals surface area contributed by atoms with E-state index in [4.69, 9.17) is 0 Å². The first-order valence-electron chi connectivity index (χ1n) is 6.97. The molecule has 1 fully saturated rings. The molecule has 3 N–H and O–H groups in total. The second-order valence-electron chi connectivity index (χ2n) is 4.95. The first-order chi connectivity index (χ1) is 9.90. The van der Waals surface area contributed by atoms with E-state index in [0.29, 0.717) is 6.04 Å². The molecule has 0 atom stereocenters. The molecule has 0 bridgehead atoms. The van der Waals surface area contributed by atoms with E-state index in [1.165, 1.54) is 5.56 Å². The molecule has 5 nitrogen and oxygen atoms in total. The number of hydrogen-bond donors (Lipinski definition) is 3. The number of aromatic nitrogens is 2. The van der Waals surface area contributed by atoms with Crippen molar-refractivity contribution in [1.82, 2.24) is 15.3 Å². The highest BCUT2D eigenvalue weighted by Gasteiger charge is 2.16. The summed E-state index contributed by atoms with van der Waals surface area (Å²) >= 11 is 0. The molecule has 2 aromatic rings. The van der Waals surface area contributed by atoms with Gasteiger partial charge in [-0.15, -0.1) is 0 Å². The fourth-order valence-corrected chi connectivity index (χ4v) is 2.11. The molecule has 0 saturated carbocycles. The van der Waals surface area contributed by atoms with Crippen LogP contribution in [-0.2, 0) is 6.42 Å². The maximum absolute atomic E-state index is 4.24. The van der Waals surface area contributed by atoms with Gasteiger partial charge in [-0.1, -0.05) is 30.3 Å². The third-order valence-corrected chi connectivity index (χ3v) is 3.36. The molecule has 0 unspecified atom stereocenters. The van der Waals surface area contributed by atoms with E-state index in [-0.39, 0.29) is 0 Å². The lowest BCUT2D eigenvalue weighted by atomic mass is 10.1. The number of nitrogens with one attached hydrogen (secondary N) is 3. The summed E-state index contributed by atoms with van der Waals surface area (Å²) in [6.07, 6.45) is 2.58. The number of anilines is 2. The highest BCUT2D eigenvalue weighted by Crippen LogP contribution is 2.11. The van der Waals surface area contributed by atoms with Gasteiger partial charge >= 0.3 is 0 Å². The predicted molar refractivity (Wildman–Crippen MR) is 80.9 cm³/mol. The maximum atomic E-state index is 4.24. The monoisotopic (exact) mass is 269 g/mol. The Bertz CT molecular complexity index is 539. The zero-order valence-corrected chi connectivity index (χ0v) is 11.3. The van der Waals surface area contributed by atoms with Crippen molar-refractivity contribution in [2.24, 2.45) is 0 Å². The Hall–Kier alpha value is -2.14. The lowest BCUT2D eigenvalue weighted by Crippen LogP contribution is -2.51. The van der Waals surface area contributed by atoms with Crippen molar-refractivity contribution >= 4 is 11.6 Å². The van der Waals surface area contributed by atoms with Crippen LogP contribution < -0.4 is 16.0 Å². The van der Waals surface area contributed by atoms with E-state index in [9.17, 15) is 0 Å². The third kappa shape index (κ3) is 3.45. The zero-order chi connectivity index (χ0) is 13.6. The van der Waals surface area contributed by atoms with Gasteiger partial charge in [0.1, 0.15) is 18.0 Å². The van der Waals surface area contributed by atoms with Gasteiger partial charge in [0, 0.05) is 25.7 Å². The van der Waals surface area contributed by atoms with E-state index in [1.54, 1.807) is 6.33 Å². The molecule has 0 aliphatic carbocycles. The summed E-state index contributed by atoms with van der Waals surface area (Å²) in [7, 11) is 0. The summed E-state index contributed by atoms with van der Waals surface area (Å²) in [4.78, 5) is 8.48. The Labute approximate surface area is 118 Å². The van der Waals surface area contributed by atoms with Crippen LogP contribution in [0.5, 0.6) is 0 Å². The van der Waals surface area contributed by atoms with Crippen molar-refractivity contribution < 1.29 is 0 Å². The summed E-state index contributed by atoms with van der Waals surface area (Å²) in [5.74, 6) is 1.75. The highest BCUT2D eigenvalue weighted by atomic mass is 15.1. The molecule has 3 rings (SSSR count). The molecule has 104 valence electrons. The number of nitrogens with zero attached hydrogens (tertiary/aromatic N) is 2. The van der Waals surface area contributed by atoms with Crippen LogP contribution in [0.15, 0.2) is 42.7 Å². The average molecular weight is 269 g/mol. The Balaban J connectivity index is 1.50. The molecular weight excluding hydrogens is 250 g/mol. The van der Waals surface area contributed by atoms with Crippen molar-refractivity contribution in [2.75, 3.05) is 30.3 Å². The van der Waals surface area contributed by atoms with E-state index in [0.717, 1.165) is 37.7 Å². The van der Waals surface area contributed by atoms with Crippen molar-refractivity contribution in [3.63, 3.8) is 0 Å². The Morgan fingerprint density at radius 1 is 1.10 bits per heavy atom. The summed E-state index contributed by atoms with van der Waals surface area (Å²) in [6.45, 7) is 2.87. The highest BCUT2D eigenvalue weighted by molar-refractivity contribution is 5.47. The molecule has 1 aromatic carbocycles. The van der Waals surface area contributed by atoms with E-state index >= 15 is 0 Å². The van der Waals surface area contributed by atoms with Gasteiger partial charge in [-0.2, -0.15) is 0 Å². The number of rotatable bonds is 6. The first-order valence-corrected chi connectivity index (χ1v) is 6.97. The van der Waals surface area contributed by atoms with Crippen LogP contribution in [0.3, 0.4) is 0 Å². The summed E-state index contributed by atoms with van der Waals surface area (Å²) in [6, 6.07) is 12.9. The van der Waals surface area contributed by atoms with Gasteiger partial charge in [0.05, 0.1) is 6.04 Å². The molecule has 1 aliphatic heterocycles. The summed E-state index contributed by atoms with van der Waals surface area (Å²) < 4.78 is 0. The second kappa shape index (κ2) is 6.34. The number of hydrogen-bond acceptors (Lipinski definition) is 5. The topological polar surface area (TPSA) is 61.9 Å². The molecule has 0 radical (unpaired) electrons. The predicted octanol–water partition coefficient (Wildman–Crippen LogP) is 1.51. The Kier molecular flexibility index (Phi) is 4.08. The molecule has 0 amide bonds. The van der Waals surface area contributed by atoms with Gasteiger partial charge in [-0.25, -0.2) is 9.97 Å². The largest absolute Gasteiger partial charge is 0.370 e. The first kappa shape index (κ1) is 12.9. The summed E-state index contributed by atoms with van der Waals surface area (Å²) in [5.41, 5.74) is 1.33. The Morgan fingerprint density at radius 3 is 2.65 bits per heavy atom. The van der Waals surface area contributed by atoms with Gasteiger partial charge in [0.25, 0.3) is 0 Å². The van der Waals surface area contributed by atoms with Gasteiger partial charge < -0.3 is 16.0 Å². The smallest absolute Gasteiger partial charge is 0.131 e. The number of benzene rings is 1. The van der Waals surface area contributed by atoms with Crippen LogP contribution >= 0.6 is 0 Å². The van der Waals surface area contributed by atoms with Crippen molar-refractivity contribution in [3.05, 3.63) is 48.3 Å². The van der Waals surface area contributed by atoms with Gasteiger partial charge in [-0.3, -0.25) is 0 Å². The summed E-state index contributed by atoms with van der Waals surface area (Å²) in [5, 5.41) is 9.94. The lowest BCUT2D eigenvalue weighted by Gasteiger charge is -2.28. The molecule has 1 aliphatic rings. The average Bonchev–Trinajstić information content (AvgIpc) is 2.45. The van der Waals surface area contributed by atoms with Crippen LogP contribution in [0.25, 0.3) is 0 Å². The van der Waals surface area contributed by atoms with Crippen LogP contribution in [0.1, 0.15) is 5.56 Å². The molecule has 1 saturated heterocycles.